The summed E-state index contributed by atoms with van der Waals surface area (Å²) in [5, 5.41) is 0.792. The van der Waals surface area contributed by atoms with Crippen molar-refractivity contribution in [2.75, 3.05) is 6.54 Å². The third kappa shape index (κ3) is 2.95. The second kappa shape index (κ2) is 5.82. The fourth-order valence-corrected chi connectivity index (χ4v) is 2.99. The summed E-state index contributed by atoms with van der Waals surface area (Å²) >= 11 is 5.98. The van der Waals surface area contributed by atoms with Crippen LogP contribution in [0.1, 0.15) is 23.6 Å². The van der Waals surface area contributed by atoms with Crippen LogP contribution in [-0.2, 0) is 6.54 Å². The van der Waals surface area contributed by atoms with Gasteiger partial charge in [-0.2, -0.15) is 0 Å². The van der Waals surface area contributed by atoms with Crippen LogP contribution in [0.3, 0.4) is 0 Å². The van der Waals surface area contributed by atoms with E-state index >= 15 is 0 Å². The number of benzene rings is 2. The Morgan fingerprint density at radius 2 is 1.75 bits per heavy atom. The molecule has 1 nitrogen and oxygen atoms in total. The maximum Gasteiger partial charge on any atom is 0.0406 e. The first-order valence-electron chi connectivity index (χ1n) is 6.92. The molecule has 20 heavy (non-hydrogen) atoms. The highest BCUT2D eigenvalue weighted by Gasteiger charge is 2.28. The van der Waals surface area contributed by atoms with Crippen LogP contribution in [0.25, 0.3) is 0 Å². The molecule has 0 spiro atoms. The Labute approximate surface area is 125 Å². The minimum atomic E-state index is 0.417. The molecule has 0 aromatic heterocycles. The molecule has 102 valence electrons. The summed E-state index contributed by atoms with van der Waals surface area (Å²) in [5.41, 5.74) is 3.98. The summed E-state index contributed by atoms with van der Waals surface area (Å²) in [7, 11) is 0. The Hall–Kier alpha value is -1.57. The van der Waals surface area contributed by atoms with E-state index in [1.54, 1.807) is 0 Å². The highest BCUT2D eigenvalue weighted by atomic mass is 35.5. The Bertz CT molecular complexity index is 589. The molecule has 0 aliphatic carbocycles. The van der Waals surface area contributed by atoms with E-state index in [-0.39, 0.29) is 0 Å². The molecular weight excluding hydrogens is 266 g/mol. The van der Waals surface area contributed by atoms with Gasteiger partial charge in [-0.3, -0.25) is 4.90 Å². The molecule has 0 bridgehead atoms. The van der Waals surface area contributed by atoms with Gasteiger partial charge in [-0.25, -0.2) is 0 Å². The second-order valence-corrected chi connectivity index (χ2v) is 5.85. The first kappa shape index (κ1) is 13.4. The fourth-order valence-electron chi connectivity index (χ4n) is 2.86. The topological polar surface area (TPSA) is 3.24 Å². The predicted octanol–water partition coefficient (Wildman–Crippen LogP) is 4.84. The molecule has 0 amide bonds. The second-order valence-electron chi connectivity index (χ2n) is 5.41. The molecule has 3 rings (SSSR count). The lowest BCUT2D eigenvalue weighted by atomic mass is 10.0. The Morgan fingerprint density at radius 1 is 1.05 bits per heavy atom. The van der Waals surface area contributed by atoms with Gasteiger partial charge in [0, 0.05) is 24.2 Å². The van der Waals surface area contributed by atoms with E-state index in [9.17, 15) is 0 Å². The van der Waals surface area contributed by atoms with Crippen molar-refractivity contribution in [2.45, 2.75) is 19.0 Å². The van der Waals surface area contributed by atoms with Gasteiger partial charge in [-0.15, -0.1) is 0 Å². The van der Waals surface area contributed by atoms with Gasteiger partial charge in [-0.1, -0.05) is 66.2 Å². The lowest BCUT2D eigenvalue weighted by Gasteiger charge is -2.24. The van der Waals surface area contributed by atoms with Gasteiger partial charge in [0.2, 0.25) is 0 Å². The maximum atomic E-state index is 5.98. The number of rotatable bonds is 3. The Kier molecular flexibility index (Phi) is 3.90. The van der Waals surface area contributed by atoms with Gasteiger partial charge in [0.15, 0.2) is 0 Å². The zero-order valence-electron chi connectivity index (χ0n) is 11.4. The normalized spacial score (nSPS) is 19.4. The van der Waals surface area contributed by atoms with Crippen molar-refractivity contribution in [2.24, 2.45) is 0 Å². The molecule has 1 saturated heterocycles. The number of halogens is 1. The lowest BCUT2D eigenvalue weighted by molar-refractivity contribution is 0.250. The maximum absolute atomic E-state index is 5.98. The molecular formula is C18H18ClN. The van der Waals surface area contributed by atoms with E-state index in [1.807, 2.05) is 12.1 Å². The predicted molar refractivity (Wildman–Crippen MR) is 84.8 cm³/mol. The van der Waals surface area contributed by atoms with E-state index in [4.69, 9.17) is 11.6 Å². The summed E-state index contributed by atoms with van der Waals surface area (Å²) in [6.07, 6.45) is 1.04. The van der Waals surface area contributed by atoms with E-state index < -0.39 is 0 Å². The summed E-state index contributed by atoms with van der Waals surface area (Å²) in [6.45, 7) is 6.11. The summed E-state index contributed by atoms with van der Waals surface area (Å²) < 4.78 is 0. The van der Waals surface area contributed by atoms with Gasteiger partial charge >= 0.3 is 0 Å². The number of hydrogen-bond donors (Lipinski definition) is 0. The van der Waals surface area contributed by atoms with Crippen molar-refractivity contribution >= 4 is 11.6 Å². The molecule has 0 saturated carbocycles. The molecule has 2 heteroatoms. The minimum Gasteiger partial charge on any atom is -0.288 e. The highest BCUT2D eigenvalue weighted by Crippen LogP contribution is 2.35. The monoisotopic (exact) mass is 283 g/mol. The lowest BCUT2D eigenvalue weighted by Crippen LogP contribution is -2.22. The van der Waals surface area contributed by atoms with Crippen molar-refractivity contribution in [3.05, 3.63) is 82.9 Å². The molecule has 1 atom stereocenters. The van der Waals surface area contributed by atoms with Crippen molar-refractivity contribution in [1.29, 1.82) is 0 Å². The van der Waals surface area contributed by atoms with Gasteiger partial charge in [0.25, 0.3) is 0 Å². The molecule has 0 N–H and O–H groups in total. The van der Waals surface area contributed by atoms with E-state index in [1.165, 1.54) is 16.7 Å². The zero-order chi connectivity index (χ0) is 13.9. The van der Waals surface area contributed by atoms with Gasteiger partial charge in [-0.05, 0) is 29.7 Å². The standard InChI is InChI=1S/C18H18ClN/c1-14-11-18(16-7-9-17(19)10-8-16)20(12-14)13-15-5-3-2-4-6-15/h2-10,18H,1,11-13H2. The number of likely N-dealkylation sites (tertiary alicyclic amines) is 1. The smallest absolute Gasteiger partial charge is 0.0406 e. The Balaban J connectivity index is 1.81. The Morgan fingerprint density at radius 3 is 2.45 bits per heavy atom. The first-order valence-corrected chi connectivity index (χ1v) is 7.30. The van der Waals surface area contributed by atoms with Crippen LogP contribution in [-0.4, -0.2) is 11.4 Å². The quantitative estimate of drug-likeness (QED) is 0.728. The number of hydrogen-bond acceptors (Lipinski definition) is 1. The SMILES string of the molecule is C=C1CC(c2ccc(Cl)cc2)N(Cc2ccccc2)C1. The van der Waals surface area contributed by atoms with Crippen molar-refractivity contribution in [3.8, 4) is 0 Å². The van der Waals surface area contributed by atoms with Crippen LogP contribution < -0.4 is 0 Å². The molecule has 1 aliphatic heterocycles. The fraction of sp³-hybridized carbons (Fsp3) is 0.222. The van der Waals surface area contributed by atoms with E-state index in [0.717, 1.165) is 24.5 Å². The van der Waals surface area contributed by atoms with Crippen LogP contribution in [0.15, 0.2) is 66.7 Å². The third-order valence-electron chi connectivity index (χ3n) is 3.83. The van der Waals surface area contributed by atoms with Crippen LogP contribution in [0.2, 0.25) is 5.02 Å². The minimum absolute atomic E-state index is 0.417. The largest absolute Gasteiger partial charge is 0.288 e. The summed E-state index contributed by atoms with van der Waals surface area (Å²) in [6, 6.07) is 19.2. The molecule has 1 heterocycles. The average molecular weight is 284 g/mol. The summed E-state index contributed by atoms with van der Waals surface area (Å²) in [5.74, 6) is 0. The van der Waals surface area contributed by atoms with Gasteiger partial charge < -0.3 is 0 Å². The van der Waals surface area contributed by atoms with E-state index in [2.05, 4.69) is 53.9 Å². The number of nitrogens with zero attached hydrogens (tertiary/aromatic N) is 1. The first-order chi connectivity index (χ1) is 9.72. The van der Waals surface area contributed by atoms with E-state index in [0.29, 0.717) is 6.04 Å². The van der Waals surface area contributed by atoms with Crippen molar-refractivity contribution in [1.82, 2.24) is 4.90 Å². The van der Waals surface area contributed by atoms with Gasteiger partial charge in [0.05, 0.1) is 0 Å². The molecule has 1 aliphatic rings. The van der Waals surface area contributed by atoms with Crippen LogP contribution in [0, 0.1) is 0 Å². The molecule has 2 aromatic carbocycles. The van der Waals surface area contributed by atoms with Crippen molar-refractivity contribution < 1.29 is 0 Å². The van der Waals surface area contributed by atoms with Crippen LogP contribution in [0.4, 0.5) is 0 Å². The van der Waals surface area contributed by atoms with Crippen LogP contribution >= 0.6 is 11.6 Å². The molecule has 0 radical (unpaired) electrons. The zero-order valence-corrected chi connectivity index (χ0v) is 12.2. The molecule has 2 aromatic rings. The molecule has 1 unspecified atom stereocenters. The average Bonchev–Trinajstić information content (AvgIpc) is 2.81. The highest BCUT2D eigenvalue weighted by molar-refractivity contribution is 6.30. The van der Waals surface area contributed by atoms with Gasteiger partial charge in [0.1, 0.15) is 0 Å². The third-order valence-corrected chi connectivity index (χ3v) is 4.08. The van der Waals surface area contributed by atoms with Crippen molar-refractivity contribution in [3.63, 3.8) is 0 Å². The molecule has 1 fully saturated rings. The van der Waals surface area contributed by atoms with Crippen LogP contribution in [0.5, 0.6) is 0 Å². The summed E-state index contributed by atoms with van der Waals surface area (Å²) in [4.78, 5) is 2.49.